The van der Waals surface area contributed by atoms with E-state index in [4.69, 9.17) is 4.18 Å². The van der Waals surface area contributed by atoms with E-state index in [1.807, 2.05) is 0 Å². The van der Waals surface area contributed by atoms with Gasteiger partial charge < -0.3 is 0 Å². The lowest BCUT2D eigenvalue weighted by Crippen LogP contribution is -2.22. The van der Waals surface area contributed by atoms with Crippen molar-refractivity contribution in [1.29, 1.82) is 0 Å². The van der Waals surface area contributed by atoms with Gasteiger partial charge in [-0.15, -0.1) is 0 Å². The fraction of sp³-hybridized carbons (Fsp3) is 0.857. The third-order valence-electron chi connectivity index (χ3n) is 1.48. The SMILES string of the molecule is CC(=O)O[S+]1CCCCC1. The van der Waals surface area contributed by atoms with Crippen LogP contribution in [0.1, 0.15) is 26.2 Å². The first-order valence-electron chi connectivity index (χ1n) is 3.65. The highest BCUT2D eigenvalue weighted by Gasteiger charge is 2.25. The molecule has 1 fully saturated rings. The number of carbonyl (C=O) groups excluding carboxylic acids is 1. The van der Waals surface area contributed by atoms with E-state index >= 15 is 0 Å². The molecular formula is C7H13O2S+. The molecule has 0 aromatic heterocycles. The molecule has 10 heavy (non-hydrogen) atoms. The van der Waals surface area contributed by atoms with Crippen LogP contribution in [-0.2, 0) is 20.2 Å². The van der Waals surface area contributed by atoms with Crippen molar-refractivity contribution in [2.45, 2.75) is 26.2 Å². The summed E-state index contributed by atoms with van der Waals surface area (Å²) in [6.45, 7) is 1.49. The van der Waals surface area contributed by atoms with Crippen LogP contribution in [0.15, 0.2) is 0 Å². The summed E-state index contributed by atoms with van der Waals surface area (Å²) in [4.78, 5) is 10.5. The van der Waals surface area contributed by atoms with Crippen molar-refractivity contribution >= 4 is 17.1 Å². The molecule has 0 saturated carbocycles. The molecule has 0 N–H and O–H groups in total. The van der Waals surface area contributed by atoms with Crippen LogP contribution >= 0.6 is 0 Å². The standard InChI is InChI=1S/C7H13O2S/c1-7(8)9-10-5-3-2-4-6-10/h2-6H2,1H3/q+1. The molecule has 0 unspecified atom stereocenters. The van der Waals surface area contributed by atoms with Gasteiger partial charge in [0, 0.05) is 6.92 Å². The first-order chi connectivity index (χ1) is 4.79. The van der Waals surface area contributed by atoms with Gasteiger partial charge in [0.1, 0.15) is 0 Å². The molecule has 2 nitrogen and oxygen atoms in total. The normalized spacial score (nSPS) is 20.5. The van der Waals surface area contributed by atoms with Crippen molar-refractivity contribution < 1.29 is 8.98 Å². The van der Waals surface area contributed by atoms with Crippen LogP contribution in [0.4, 0.5) is 0 Å². The van der Waals surface area contributed by atoms with Gasteiger partial charge in [0.05, 0.1) is 0 Å². The van der Waals surface area contributed by atoms with Gasteiger partial charge in [-0.1, -0.05) is 0 Å². The molecule has 3 heteroatoms. The maximum Gasteiger partial charge on any atom is 0.361 e. The molecule has 1 aliphatic rings. The summed E-state index contributed by atoms with van der Waals surface area (Å²) in [5.74, 6) is 2.07. The average Bonchev–Trinajstić information content (AvgIpc) is 1.88. The zero-order valence-electron chi connectivity index (χ0n) is 6.26. The summed E-state index contributed by atoms with van der Waals surface area (Å²) in [5.41, 5.74) is 0. The largest absolute Gasteiger partial charge is 0.361 e. The van der Waals surface area contributed by atoms with Gasteiger partial charge in [0.2, 0.25) is 11.2 Å². The molecule has 1 aliphatic heterocycles. The monoisotopic (exact) mass is 161 g/mol. The van der Waals surface area contributed by atoms with Crippen molar-refractivity contribution in [1.82, 2.24) is 0 Å². The lowest BCUT2D eigenvalue weighted by Gasteiger charge is -2.09. The second-order valence-corrected chi connectivity index (χ2v) is 4.35. The molecule has 58 valence electrons. The molecule has 0 aliphatic carbocycles. The molecule has 0 aromatic carbocycles. The van der Waals surface area contributed by atoms with Crippen molar-refractivity contribution in [3.05, 3.63) is 0 Å². The van der Waals surface area contributed by atoms with Crippen LogP contribution in [0.2, 0.25) is 0 Å². The minimum absolute atomic E-state index is 0.0243. The predicted molar refractivity (Wildman–Crippen MR) is 42.7 cm³/mol. The summed E-state index contributed by atoms with van der Waals surface area (Å²) < 4.78 is 5.08. The highest BCUT2D eigenvalue weighted by molar-refractivity contribution is 7.92. The minimum Gasteiger partial charge on any atom is -0.248 e. The molecule has 0 radical (unpaired) electrons. The van der Waals surface area contributed by atoms with Crippen LogP contribution in [0.25, 0.3) is 0 Å². The van der Waals surface area contributed by atoms with Crippen LogP contribution in [-0.4, -0.2) is 17.5 Å². The Hall–Kier alpha value is -0.180. The summed E-state index contributed by atoms with van der Waals surface area (Å²) in [6.07, 6.45) is 3.78. The van der Waals surface area contributed by atoms with Gasteiger partial charge >= 0.3 is 5.97 Å². The first kappa shape index (κ1) is 7.92. The Morgan fingerprint density at radius 2 is 1.90 bits per heavy atom. The van der Waals surface area contributed by atoms with Gasteiger partial charge in [-0.3, -0.25) is 0 Å². The van der Waals surface area contributed by atoms with E-state index in [-0.39, 0.29) is 17.1 Å². The lowest BCUT2D eigenvalue weighted by molar-refractivity contribution is -0.130. The lowest BCUT2D eigenvalue weighted by atomic mass is 10.3. The Morgan fingerprint density at radius 1 is 1.30 bits per heavy atom. The molecule has 1 heterocycles. The Bertz CT molecular complexity index is 119. The molecule has 0 spiro atoms. The summed E-state index contributed by atoms with van der Waals surface area (Å²) in [7, 11) is 0. The van der Waals surface area contributed by atoms with Gasteiger partial charge in [0.15, 0.2) is 11.5 Å². The number of carbonyl (C=O) groups is 1. The van der Waals surface area contributed by atoms with Crippen molar-refractivity contribution in [3.63, 3.8) is 0 Å². The molecule has 0 amide bonds. The van der Waals surface area contributed by atoms with Gasteiger partial charge in [-0.2, -0.15) is 0 Å². The topological polar surface area (TPSA) is 26.3 Å². The van der Waals surface area contributed by atoms with Gasteiger partial charge in [-0.05, 0) is 19.3 Å². The fourth-order valence-electron chi connectivity index (χ4n) is 1.05. The van der Waals surface area contributed by atoms with Crippen LogP contribution < -0.4 is 0 Å². The molecule has 0 bridgehead atoms. The highest BCUT2D eigenvalue weighted by Crippen LogP contribution is 2.14. The molecule has 0 aromatic rings. The van der Waals surface area contributed by atoms with Gasteiger partial charge in [0.25, 0.3) is 0 Å². The molecule has 1 rings (SSSR count). The second kappa shape index (κ2) is 3.86. The van der Waals surface area contributed by atoms with E-state index in [0.29, 0.717) is 0 Å². The third kappa shape index (κ3) is 2.60. The molecule has 1 saturated heterocycles. The zero-order valence-corrected chi connectivity index (χ0v) is 7.08. The Balaban J connectivity index is 2.19. The van der Waals surface area contributed by atoms with E-state index in [1.54, 1.807) is 0 Å². The van der Waals surface area contributed by atoms with E-state index in [1.165, 1.54) is 26.2 Å². The molecular weight excluding hydrogens is 148 g/mol. The predicted octanol–water partition coefficient (Wildman–Crippen LogP) is 1.27. The summed E-state index contributed by atoms with van der Waals surface area (Å²) >= 11 is -0.0243. The smallest absolute Gasteiger partial charge is 0.248 e. The summed E-state index contributed by atoms with van der Waals surface area (Å²) in [5, 5.41) is 0. The Morgan fingerprint density at radius 3 is 2.40 bits per heavy atom. The van der Waals surface area contributed by atoms with Crippen molar-refractivity contribution in [2.24, 2.45) is 0 Å². The first-order valence-corrected chi connectivity index (χ1v) is 5.14. The highest BCUT2D eigenvalue weighted by atomic mass is 32.2. The Labute approximate surface area is 64.5 Å². The van der Waals surface area contributed by atoms with Crippen LogP contribution in [0.5, 0.6) is 0 Å². The van der Waals surface area contributed by atoms with E-state index < -0.39 is 0 Å². The third-order valence-corrected chi connectivity index (χ3v) is 3.44. The second-order valence-electron chi connectivity index (χ2n) is 2.48. The average molecular weight is 161 g/mol. The maximum atomic E-state index is 10.5. The summed E-state index contributed by atoms with van der Waals surface area (Å²) in [6, 6.07) is 0. The number of hydrogen-bond acceptors (Lipinski definition) is 2. The van der Waals surface area contributed by atoms with Gasteiger partial charge in [-0.25, -0.2) is 8.98 Å². The van der Waals surface area contributed by atoms with E-state index in [9.17, 15) is 4.79 Å². The van der Waals surface area contributed by atoms with Crippen molar-refractivity contribution in [2.75, 3.05) is 11.5 Å². The van der Waals surface area contributed by atoms with E-state index in [0.717, 1.165) is 11.5 Å². The zero-order chi connectivity index (χ0) is 7.40. The van der Waals surface area contributed by atoms with Crippen LogP contribution in [0.3, 0.4) is 0 Å². The molecule has 0 atom stereocenters. The number of rotatable bonds is 1. The minimum atomic E-state index is -0.120. The van der Waals surface area contributed by atoms with E-state index in [2.05, 4.69) is 0 Å². The quantitative estimate of drug-likeness (QED) is 0.541. The van der Waals surface area contributed by atoms with Crippen molar-refractivity contribution in [3.8, 4) is 0 Å². The Kier molecular flexibility index (Phi) is 3.06. The van der Waals surface area contributed by atoms with Crippen LogP contribution in [0, 0.1) is 0 Å². The number of hydrogen-bond donors (Lipinski definition) is 0. The fourth-order valence-corrected chi connectivity index (χ4v) is 2.81. The maximum absolute atomic E-state index is 10.5.